The van der Waals surface area contributed by atoms with E-state index >= 15 is 0 Å². The van der Waals surface area contributed by atoms with Crippen LogP contribution in [-0.4, -0.2) is 29.9 Å². The van der Waals surface area contributed by atoms with Crippen molar-refractivity contribution in [1.29, 1.82) is 0 Å². The Morgan fingerprint density at radius 2 is 1.94 bits per heavy atom. The summed E-state index contributed by atoms with van der Waals surface area (Å²) in [6.07, 6.45) is 6.88. The molecular formula is C14H27ClN2O. The van der Waals surface area contributed by atoms with Crippen molar-refractivity contribution in [3.63, 3.8) is 0 Å². The van der Waals surface area contributed by atoms with E-state index in [1.165, 1.54) is 19.3 Å². The van der Waals surface area contributed by atoms with Gasteiger partial charge in [0.1, 0.15) is 0 Å². The predicted molar refractivity (Wildman–Crippen MR) is 76.8 cm³/mol. The van der Waals surface area contributed by atoms with Crippen molar-refractivity contribution in [2.24, 2.45) is 17.1 Å². The Morgan fingerprint density at radius 3 is 2.50 bits per heavy atom. The molecule has 2 fully saturated rings. The minimum Gasteiger partial charge on any atom is -0.342 e. The highest BCUT2D eigenvalue weighted by Gasteiger charge is 2.40. The van der Waals surface area contributed by atoms with Crippen LogP contribution in [0.1, 0.15) is 52.4 Å². The average molecular weight is 275 g/mol. The topological polar surface area (TPSA) is 46.3 Å². The van der Waals surface area contributed by atoms with Gasteiger partial charge in [0.25, 0.3) is 0 Å². The van der Waals surface area contributed by atoms with Crippen LogP contribution < -0.4 is 5.73 Å². The summed E-state index contributed by atoms with van der Waals surface area (Å²) in [4.78, 5) is 14.7. The second kappa shape index (κ2) is 6.25. The monoisotopic (exact) mass is 274 g/mol. The predicted octanol–water partition coefficient (Wildman–Crippen LogP) is 2.57. The van der Waals surface area contributed by atoms with Crippen LogP contribution in [0.4, 0.5) is 0 Å². The van der Waals surface area contributed by atoms with E-state index in [0.29, 0.717) is 11.8 Å². The first-order valence-electron chi connectivity index (χ1n) is 7.08. The maximum absolute atomic E-state index is 12.6. The van der Waals surface area contributed by atoms with Crippen molar-refractivity contribution < 1.29 is 4.79 Å². The van der Waals surface area contributed by atoms with E-state index in [9.17, 15) is 4.79 Å². The van der Waals surface area contributed by atoms with E-state index in [4.69, 9.17) is 5.73 Å². The van der Waals surface area contributed by atoms with Gasteiger partial charge in [0.05, 0.1) is 0 Å². The molecule has 4 heteroatoms. The van der Waals surface area contributed by atoms with Crippen molar-refractivity contribution in [3.05, 3.63) is 0 Å². The van der Waals surface area contributed by atoms with Crippen LogP contribution in [-0.2, 0) is 4.79 Å². The first-order chi connectivity index (χ1) is 8.03. The molecule has 1 aliphatic carbocycles. The van der Waals surface area contributed by atoms with Gasteiger partial charge in [-0.25, -0.2) is 0 Å². The molecule has 0 spiro atoms. The van der Waals surface area contributed by atoms with Gasteiger partial charge < -0.3 is 10.6 Å². The first kappa shape index (κ1) is 15.8. The maximum Gasteiger partial charge on any atom is 0.228 e. The van der Waals surface area contributed by atoms with Gasteiger partial charge in [-0.1, -0.05) is 19.8 Å². The number of nitrogens with two attached hydrogens (primary N) is 1. The van der Waals surface area contributed by atoms with E-state index in [1.807, 2.05) is 0 Å². The van der Waals surface area contributed by atoms with Crippen LogP contribution in [0.3, 0.4) is 0 Å². The Morgan fingerprint density at radius 1 is 1.33 bits per heavy atom. The molecule has 2 N–H and O–H groups in total. The fourth-order valence-corrected chi connectivity index (χ4v) is 3.37. The summed E-state index contributed by atoms with van der Waals surface area (Å²) < 4.78 is 0. The number of hydrogen-bond donors (Lipinski definition) is 1. The van der Waals surface area contributed by atoms with E-state index in [2.05, 4.69) is 18.7 Å². The molecule has 3 nitrogen and oxygen atoms in total. The summed E-state index contributed by atoms with van der Waals surface area (Å²) >= 11 is 0. The third-order valence-electron chi connectivity index (χ3n) is 4.71. The van der Waals surface area contributed by atoms with Crippen LogP contribution in [0.25, 0.3) is 0 Å². The highest BCUT2D eigenvalue weighted by atomic mass is 35.5. The SMILES string of the molecule is CC(N)C1CCCN(C(=O)C2(C)CCCC2)C1.Cl. The molecule has 106 valence electrons. The van der Waals surface area contributed by atoms with Gasteiger partial charge in [0.2, 0.25) is 5.91 Å². The van der Waals surface area contributed by atoms with Crippen LogP contribution in [0, 0.1) is 11.3 Å². The molecule has 1 saturated carbocycles. The molecule has 2 rings (SSSR count). The lowest BCUT2D eigenvalue weighted by Crippen LogP contribution is -2.49. The third kappa shape index (κ3) is 3.18. The Bertz CT molecular complexity index is 288. The van der Waals surface area contributed by atoms with Crippen molar-refractivity contribution in [2.45, 2.75) is 58.4 Å². The highest BCUT2D eigenvalue weighted by Crippen LogP contribution is 2.39. The lowest BCUT2D eigenvalue weighted by Gasteiger charge is -2.38. The second-order valence-electron chi connectivity index (χ2n) is 6.28. The van der Waals surface area contributed by atoms with Gasteiger partial charge in [0, 0.05) is 24.5 Å². The Balaban J connectivity index is 0.00000162. The number of likely N-dealkylation sites (tertiary alicyclic amines) is 1. The van der Waals surface area contributed by atoms with Gasteiger partial charge in [-0.2, -0.15) is 0 Å². The Kier molecular flexibility index (Phi) is 5.47. The Hall–Kier alpha value is -0.280. The fraction of sp³-hybridized carbons (Fsp3) is 0.929. The lowest BCUT2D eigenvalue weighted by atomic mass is 9.85. The molecule has 2 atom stereocenters. The zero-order valence-electron chi connectivity index (χ0n) is 11.7. The molecule has 1 aliphatic heterocycles. The smallest absolute Gasteiger partial charge is 0.228 e. The number of hydrogen-bond acceptors (Lipinski definition) is 2. The van der Waals surface area contributed by atoms with Crippen molar-refractivity contribution in [1.82, 2.24) is 4.90 Å². The van der Waals surface area contributed by atoms with Crippen molar-refractivity contribution >= 4 is 18.3 Å². The van der Waals surface area contributed by atoms with Crippen LogP contribution >= 0.6 is 12.4 Å². The molecule has 0 aromatic rings. The second-order valence-corrected chi connectivity index (χ2v) is 6.28. The zero-order chi connectivity index (χ0) is 12.5. The number of amides is 1. The van der Waals surface area contributed by atoms with Crippen LogP contribution in [0.5, 0.6) is 0 Å². The normalized spacial score (nSPS) is 28.6. The van der Waals surface area contributed by atoms with Crippen LogP contribution in [0.15, 0.2) is 0 Å². The van der Waals surface area contributed by atoms with Crippen molar-refractivity contribution in [2.75, 3.05) is 13.1 Å². The number of nitrogens with zero attached hydrogens (tertiary/aromatic N) is 1. The lowest BCUT2D eigenvalue weighted by molar-refractivity contribution is -0.143. The first-order valence-corrected chi connectivity index (χ1v) is 7.08. The summed E-state index contributed by atoms with van der Waals surface area (Å²) in [5.41, 5.74) is 5.91. The molecule has 0 aromatic heterocycles. The summed E-state index contributed by atoms with van der Waals surface area (Å²) in [5.74, 6) is 0.887. The molecule has 0 bridgehead atoms. The van der Waals surface area contributed by atoms with Gasteiger partial charge in [-0.05, 0) is 38.5 Å². The third-order valence-corrected chi connectivity index (χ3v) is 4.71. The van der Waals surface area contributed by atoms with E-state index in [-0.39, 0.29) is 23.9 Å². The highest BCUT2D eigenvalue weighted by molar-refractivity contribution is 5.85. The molecule has 0 radical (unpaired) electrons. The molecular weight excluding hydrogens is 248 g/mol. The molecule has 2 unspecified atom stereocenters. The summed E-state index contributed by atoms with van der Waals surface area (Å²) in [6, 6.07) is 0.210. The Labute approximate surface area is 117 Å². The minimum absolute atomic E-state index is 0. The maximum atomic E-state index is 12.6. The van der Waals surface area contributed by atoms with E-state index < -0.39 is 0 Å². The quantitative estimate of drug-likeness (QED) is 0.841. The number of carbonyl (C=O) groups is 1. The number of piperidine rings is 1. The molecule has 2 aliphatic rings. The molecule has 1 amide bonds. The largest absolute Gasteiger partial charge is 0.342 e. The van der Waals surface area contributed by atoms with Gasteiger partial charge >= 0.3 is 0 Å². The van der Waals surface area contributed by atoms with Crippen LogP contribution in [0.2, 0.25) is 0 Å². The fourth-order valence-electron chi connectivity index (χ4n) is 3.37. The summed E-state index contributed by atoms with van der Waals surface area (Å²) in [5, 5.41) is 0. The molecule has 18 heavy (non-hydrogen) atoms. The molecule has 1 saturated heterocycles. The standard InChI is InChI=1S/C14H26N2O.ClH/c1-11(15)12-6-5-9-16(10-12)13(17)14(2)7-3-4-8-14;/h11-12H,3-10,15H2,1-2H3;1H. The minimum atomic E-state index is -0.0697. The van der Waals surface area contributed by atoms with E-state index in [0.717, 1.165) is 32.4 Å². The number of rotatable bonds is 2. The average Bonchev–Trinajstić information content (AvgIpc) is 2.76. The number of halogens is 1. The summed E-state index contributed by atoms with van der Waals surface area (Å²) in [7, 11) is 0. The molecule has 0 aromatic carbocycles. The van der Waals surface area contributed by atoms with Gasteiger partial charge in [-0.3, -0.25) is 4.79 Å². The zero-order valence-corrected chi connectivity index (χ0v) is 12.5. The summed E-state index contributed by atoms with van der Waals surface area (Å²) in [6.45, 7) is 6.04. The van der Waals surface area contributed by atoms with Crippen molar-refractivity contribution in [3.8, 4) is 0 Å². The number of carbonyl (C=O) groups excluding carboxylic acids is 1. The van der Waals surface area contributed by atoms with E-state index in [1.54, 1.807) is 0 Å². The van der Waals surface area contributed by atoms with Gasteiger partial charge in [0.15, 0.2) is 0 Å². The molecule has 1 heterocycles. The van der Waals surface area contributed by atoms with Gasteiger partial charge in [-0.15, -0.1) is 12.4 Å².